The topological polar surface area (TPSA) is 34.0 Å². The van der Waals surface area contributed by atoms with Crippen molar-refractivity contribution < 1.29 is 0 Å². The molecule has 3 heterocycles. The Kier molecular flexibility index (Phi) is 2.73. The van der Waals surface area contributed by atoms with Crippen molar-refractivity contribution in [2.45, 2.75) is 12.5 Å². The Morgan fingerprint density at radius 1 is 1.35 bits per heavy atom. The lowest BCUT2D eigenvalue weighted by Crippen LogP contribution is -2.21. The minimum absolute atomic E-state index is 0.439. The molecule has 0 spiro atoms. The first-order chi connectivity index (χ1) is 8.34. The van der Waals surface area contributed by atoms with E-state index in [4.69, 9.17) is 11.6 Å². The SMILES string of the molecule is Clc1cnccc1N1CCC(n2cccn2)C1. The van der Waals surface area contributed by atoms with E-state index in [0.29, 0.717) is 11.1 Å². The second-order valence-electron chi connectivity index (χ2n) is 4.20. The van der Waals surface area contributed by atoms with Crippen molar-refractivity contribution in [3.8, 4) is 0 Å². The van der Waals surface area contributed by atoms with Gasteiger partial charge < -0.3 is 4.90 Å². The van der Waals surface area contributed by atoms with E-state index in [0.717, 1.165) is 25.2 Å². The lowest BCUT2D eigenvalue weighted by Gasteiger charge is -2.19. The normalized spacial score (nSPS) is 19.8. The highest BCUT2D eigenvalue weighted by Crippen LogP contribution is 2.30. The van der Waals surface area contributed by atoms with Gasteiger partial charge in [0.1, 0.15) is 0 Å². The predicted molar refractivity (Wildman–Crippen MR) is 67.3 cm³/mol. The maximum absolute atomic E-state index is 6.15. The summed E-state index contributed by atoms with van der Waals surface area (Å²) in [7, 11) is 0. The number of aromatic nitrogens is 3. The summed E-state index contributed by atoms with van der Waals surface area (Å²) >= 11 is 6.15. The third-order valence-electron chi connectivity index (χ3n) is 3.15. The molecular formula is C12H13ClN4. The average Bonchev–Trinajstić information content (AvgIpc) is 3.00. The molecule has 1 fully saturated rings. The van der Waals surface area contributed by atoms with Crippen molar-refractivity contribution in [1.82, 2.24) is 14.8 Å². The molecule has 1 aliphatic rings. The molecule has 5 heteroatoms. The summed E-state index contributed by atoms with van der Waals surface area (Å²) in [5.74, 6) is 0. The third-order valence-corrected chi connectivity index (χ3v) is 3.45. The van der Waals surface area contributed by atoms with Crippen LogP contribution in [0.4, 0.5) is 5.69 Å². The maximum atomic E-state index is 6.15. The van der Waals surface area contributed by atoms with Crippen LogP contribution < -0.4 is 4.90 Å². The molecule has 88 valence electrons. The zero-order valence-corrected chi connectivity index (χ0v) is 10.1. The van der Waals surface area contributed by atoms with Gasteiger partial charge in [-0.3, -0.25) is 9.67 Å². The van der Waals surface area contributed by atoms with Crippen molar-refractivity contribution >= 4 is 17.3 Å². The Balaban J connectivity index is 1.79. The molecule has 0 saturated carbocycles. The molecule has 2 aromatic rings. The summed E-state index contributed by atoms with van der Waals surface area (Å²) in [4.78, 5) is 6.30. The zero-order valence-electron chi connectivity index (χ0n) is 9.33. The standard InChI is InChI=1S/C12H13ClN4/c13-11-8-14-5-2-12(11)16-7-3-10(9-16)17-6-1-4-15-17/h1-2,4-6,8,10H,3,7,9H2. The molecule has 1 aliphatic heterocycles. The maximum Gasteiger partial charge on any atom is 0.0822 e. The highest BCUT2D eigenvalue weighted by molar-refractivity contribution is 6.33. The highest BCUT2D eigenvalue weighted by atomic mass is 35.5. The summed E-state index contributed by atoms with van der Waals surface area (Å²) in [6, 6.07) is 4.37. The smallest absolute Gasteiger partial charge is 0.0822 e. The van der Waals surface area contributed by atoms with Crippen LogP contribution in [0, 0.1) is 0 Å². The second-order valence-corrected chi connectivity index (χ2v) is 4.61. The number of hydrogen-bond acceptors (Lipinski definition) is 3. The largest absolute Gasteiger partial charge is 0.368 e. The molecule has 17 heavy (non-hydrogen) atoms. The molecule has 1 atom stereocenters. The predicted octanol–water partition coefficient (Wildman–Crippen LogP) is 2.38. The van der Waals surface area contributed by atoms with Gasteiger partial charge in [-0.2, -0.15) is 5.10 Å². The lowest BCUT2D eigenvalue weighted by atomic mass is 10.3. The van der Waals surface area contributed by atoms with Crippen LogP contribution in [0.5, 0.6) is 0 Å². The molecule has 1 saturated heterocycles. The van der Waals surface area contributed by atoms with Gasteiger partial charge in [0.2, 0.25) is 0 Å². The average molecular weight is 249 g/mol. The summed E-state index contributed by atoms with van der Waals surface area (Å²) < 4.78 is 2.02. The van der Waals surface area contributed by atoms with Crippen molar-refractivity contribution in [3.63, 3.8) is 0 Å². The molecule has 0 radical (unpaired) electrons. The van der Waals surface area contributed by atoms with E-state index in [1.165, 1.54) is 0 Å². The van der Waals surface area contributed by atoms with Gasteiger partial charge >= 0.3 is 0 Å². The first kappa shape index (κ1) is 10.6. The Hall–Kier alpha value is -1.55. The minimum atomic E-state index is 0.439. The molecule has 4 nitrogen and oxygen atoms in total. The number of halogens is 1. The molecule has 0 aliphatic carbocycles. The van der Waals surface area contributed by atoms with Gasteiger partial charge in [-0.25, -0.2) is 0 Å². The van der Waals surface area contributed by atoms with Crippen LogP contribution >= 0.6 is 11.6 Å². The fraction of sp³-hybridized carbons (Fsp3) is 0.333. The lowest BCUT2D eigenvalue weighted by molar-refractivity contribution is 0.495. The quantitative estimate of drug-likeness (QED) is 0.818. The summed E-state index contributed by atoms with van der Waals surface area (Å²) in [5, 5.41) is 5.01. The molecule has 3 rings (SSSR count). The van der Waals surface area contributed by atoms with E-state index in [1.807, 2.05) is 29.2 Å². The Morgan fingerprint density at radius 2 is 2.29 bits per heavy atom. The van der Waals surface area contributed by atoms with Crippen molar-refractivity contribution in [1.29, 1.82) is 0 Å². The Morgan fingerprint density at radius 3 is 3.06 bits per heavy atom. The zero-order chi connectivity index (χ0) is 11.7. The molecule has 2 aromatic heterocycles. The number of anilines is 1. The summed E-state index contributed by atoms with van der Waals surface area (Å²) in [6.45, 7) is 1.96. The number of pyridine rings is 1. The molecule has 1 unspecified atom stereocenters. The van der Waals surface area contributed by atoms with Gasteiger partial charge in [0, 0.05) is 37.9 Å². The van der Waals surface area contributed by atoms with E-state index >= 15 is 0 Å². The van der Waals surface area contributed by atoms with Crippen LogP contribution in [0.3, 0.4) is 0 Å². The summed E-state index contributed by atoms with van der Waals surface area (Å²) in [6.07, 6.45) is 8.41. The van der Waals surface area contributed by atoms with Gasteiger partial charge in [0.25, 0.3) is 0 Å². The van der Waals surface area contributed by atoms with Gasteiger partial charge in [-0.1, -0.05) is 11.6 Å². The molecule has 0 amide bonds. The molecule has 0 bridgehead atoms. The van der Waals surface area contributed by atoms with Crippen LogP contribution in [-0.4, -0.2) is 27.9 Å². The molecule has 0 aromatic carbocycles. The second kappa shape index (κ2) is 4.37. The van der Waals surface area contributed by atoms with Crippen LogP contribution in [0.15, 0.2) is 36.9 Å². The van der Waals surface area contributed by atoms with Gasteiger partial charge in [0.05, 0.1) is 16.8 Å². The first-order valence-electron chi connectivity index (χ1n) is 5.68. The fourth-order valence-corrected chi connectivity index (χ4v) is 2.54. The highest BCUT2D eigenvalue weighted by Gasteiger charge is 2.25. The number of hydrogen-bond donors (Lipinski definition) is 0. The number of rotatable bonds is 2. The monoisotopic (exact) mass is 248 g/mol. The van der Waals surface area contributed by atoms with E-state index in [2.05, 4.69) is 15.0 Å². The van der Waals surface area contributed by atoms with Crippen LogP contribution in [0.1, 0.15) is 12.5 Å². The Bertz CT molecular complexity index is 497. The van der Waals surface area contributed by atoms with Crippen molar-refractivity contribution in [2.24, 2.45) is 0 Å². The summed E-state index contributed by atoms with van der Waals surface area (Å²) in [5.41, 5.74) is 1.07. The van der Waals surface area contributed by atoms with Crippen LogP contribution in [-0.2, 0) is 0 Å². The number of nitrogens with zero attached hydrogens (tertiary/aromatic N) is 4. The van der Waals surface area contributed by atoms with Gasteiger partial charge in [0.15, 0.2) is 0 Å². The van der Waals surface area contributed by atoms with E-state index in [9.17, 15) is 0 Å². The fourth-order valence-electron chi connectivity index (χ4n) is 2.30. The third kappa shape index (κ3) is 2.00. The first-order valence-corrected chi connectivity index (χ1v) is 6.06. The minimum Gasteiger partial charge on any atom is -0.368 e. The van der Waals surface area contributed by atoms with E-state index in [-0.39, 0.29) is 0 Å². The van der Waals surface area contributed by atoms with E-state index in [1.54, 1.807) is 12.4 Å². The van der Waals surface area contributed by atoms with Gasteiger partial charge in [-0.05, 0) is 18.6 Å². The van der Waals surface area contributed by atoms with Gasteiger partial charge in [-0.15, -0.1) is 0 Å². The molecule has 0 N–H and O–H groups in total. The van der Waals surface area contributed by atoms with Crippen molar-refractivity contribution in [3.05, 3.63) is 41.9 Å². The van der Waals surface area contributed by atoms with Crippen molar-refractivity contribution in [2.75, 3.05) is 18.0 Å². The van der Waals surface area contributed by atoms with Crippen LogP contribution in [0.25, 0.3) is 0 Å². The van der Waals surface area contributed by atoms with Crippen LogP contribution in [0.2, 0.25) is 5.02 Å². The molecular weight excluding hydrogens is 236 g/mol. The van der Waals surface area contributed by atoms with E-state index < -0.39 is 0 Å². The Labute approximate surface area is 105 Å².